The highest BCUT2D eigenvalue weighted by Gasteiger charge is 2.48. The lowest BCUT2D eigenvalue weighted by Crippen LogP contribution is -2.55. The van der Waals surface area contributed by atoms with Crippen molar-refractivity contribution >= 4 is 34.9 Å². The number of nitrogens with one attached hydrogen (secondary N) is 3. The van der Waals surface area contributed by atoms with Crippen molar-refractivity contribution in [3.63, 3.8) is 0 Å². The smallest absolute Gasteiger partial charge is 0.250 e. The molecule has 5 N–H and O–H groups in total. The molecule has 8 rings (SSSR count). The molecule has 7 aromatic rings. The van der Waals surface area contributed by atoms with Crippen molar-refractivity contribution in [3.8, 4) is 0 Å². The molecule has 1 aliphatic heterocycles. The summed E-state index contributed by atoms with van der Waals surface area (Å²) < 4.78 is 38.4. The molecule has 0 radical (unpaired) electrons. The van der Waals surface area contributed by atoms with Crippen LogP contribution in [0.1, 0.15) is 76.6 Å². The predicted molar refractivity (Wildman–Crippen MR) is 265 cm³/mol. The van der Waals surface area contributed by atoms with E-state index in [9.17, 15) is 33.4 Å². The van der Waals surface area contributed by atoms with E-state index in [0.717, 1.165) is 11.1 Å². The average Bonchev–Trinajstić information content (AvgIpc) is 3.40. The first-order valence-electron chi connectivity index (χ1n) is 23.4. The van der Waals surface area contributed by atoms with Gasteiger partial charge in [0.2, 0.25) is 17.7 Å². The molecule has 1 fully saturated rings. The number of hydrogen-bond acceptors (Lipinski definition) is 10. The summed E-state index contributed by atoms with van der Waals surface area (Å²) in [6, 6.07) is 45.5. The highest BCUT2D eigenvalue weighted by Crippen LogP contribution is 2.47. The summed E-state index contributed by atoms with van der Waals surface area (Å²) in [6.07, 6.45) is 2.13. The number of anilines is 3. The number of aromatic nitrogens is 2. The molecular formula is C56H54F2N6O7. The number of halogens is 2. The van der Waals surface area contributed by atoms with E-state index in [4.69, 9.17) is 9.47 Å². The van der Waals surface area contributed by atoms with E-state index in [2.05, 4.69) is 25.9 Å². The molecule has 3 heterocycles. The van der Waals surface area contributed by atoms with Crippen LogP contribution >= 0.6 is 0 Å². The second-order valence-corrected chi connectivity index (χ2v) is 17.1. The maximum Gasteiger partial charge on any atom is 0.250 e. The maximum absolute atomic E-state index is 13.8. The van der Waals surface area contributed by atoms with E-state index in [-0.39, 0.29) is 57.2 Å². The third-order valence-electron chi connectivity index (χ3n) is 12.4. The molecule has 5 aromatic carbocycles. The summed E-state index contributed by atoms with van der Waals surface area (Å²) in [5, 5.41) is 32.1. The van der Waals surface area contributed by atoms with Crippen LogP contribution in [0.5, 0.6) is 0 Å². The first-order valence-corrected chi connectivity index (χ1v) is 23.4. The fourth-order valence-electron chi connectivity index (χ4n) is 8.80. The Bertz CT molecular complexity index is 2810. The Labute approximate surface area is 410 Å². The van der Waals surface area contributed by atoms with Gasteiger partial charge in [-0.25, -0.2) is 13.8 Å². The molecule has 364 valence electrons. The third-order valence-corrected chi connectivity index (χ3v) is 12.4. The zero-order valence-corrected chi connectivity index (χ0v) is 38.7. The highest BCUT2D eigenvalue weighted by atomic mass is 19.1. The molecule has 0 aliphatic carbocycles. The summed E-state index contributed by atoms with van der Waals surface area (Å²) in [6.45, 7) is -0.212. The molecule has 6 unspecified atom stereocenters. The normalized spacial score (nSPS) is 16.0. The van der Waals surface area contributed by atoms with Crippen LogP contribution in [0.15, 0.2) is 176 Å². The van der Waals surface area contributed by atoms with Crippen LogP contribution in [0.25, 0.3) is 0 Å². The third kappa shape index (κ3) is 12.9. The fourth-order valence-corrected chi connectivity index (χ4v) is 8.80. The van der Waals surface area contributed by atoms with Crippen LogP contribution < -0.4 is 20.9 Å². The molecule has 0 bridgehead atoms. The molecular weight excluding hydrogens is 907 g/mol. The van der Waals surface area contributed by atoms with Gasteiger partial charge in [0.15, 0.2) is 0 Å². The minimum Gasteiger partial charge on any atom is -0.388 e. The Hall–Kier alpha value is -7.69. The second-order valence-electron chi connectivity index (χ2n) is 17.1. The number of aliphatic hydroxyl groups is 2. The number of hydrogen-bond donors (Lipinski definition) is 5. The van der Waals surface area contributed by atoms with Gasteiger partial charge in [-0.05, 0) is 107 Å². The van der Waals surface area contributed by atoms with Gasteiger partial charge in [0.25, 0.3) is 0 Å². The number of para-hydroxylation sites is 1. The van der Waals surface area contributed by atoms with Gasteiger partial charge in [0.1, 0.15) is 30.7 Å². The van der Waals surface area contributed by atoms with E-state index < -0.39 is 47.6 Å². The Balaban J connectivity index is 0.818. The second kappa shape index (κ2) is 24.2. The van der Waals surface area contributed by atoms with Crippen molar-refractivity contribution in [3.05, 3.63) is 221 Å². The van der Waals surface area contributed by atoms with Crippen molar-refractivity contribution in [2.75, 3.05) is 42.0 Å². The molecule has 0 spiro atoms. The van der Waals surface area contributed by atoms with Crippen LogP contribution in [-0.4, -0.2) is 64.3 Å². The fraction of sp³-hybridized carbons (Fsp3) is 0.232. The Morgan fingerprint density at radius 2 is 1.31 bits per heavy atom. The molecule has 13 nitrogen and oxygen atoms in total. The largest absolute Gasteiger partial charge is 0.388 e. The van der Waals surface area contributed by atoms with Gasteiger partial charge in [-0.3, -0.25) is 19.4 Å². The monoisotopic (exact) mass is 960 g/mol. The molecule has 15 heteroatoms. The Morgan fingerprint density at radius 3 is 1.99 bits per heavy atom. The minimum atomic E-state index is -0.994. The Kier molecular flexibility index (Phi) is 17.0. The van der Waals surface area contributed by atoms with E-state index >= 15 is 0 Å². The first-order chi connectivity index (χ1) is 34.6. The van der Waals surface area contributed by atoms with Crippen LogP contribution in [-0.2, 0) is 30.4 Å². The predicted octanol–water partition coefficient (Wildman–Crippen LogP) is 8.93. The number of amides is 3. The van der Waals surface area contributed by atoms with Crippen molar-refractivity contribution in [1.82, 2.24) is 15.3 Å². The molecule has 2 aromatic heterocycles. The van der Waals surface area contributed by atoms with Crippen LogP contribution in [0.3, 0.4) is 0 Å². The number of aliphatic hydroxyl groups excluding tert-OH is 2. The number of benzene rings is 5. The lowest BCUT2D eigenvalue weighted by Gasteiger charge is -2.48. The summed E-state index contributed by atoms with van der Waals surface area (Å²) in [5.74, 6) is -2.26. The quantitative estimate of drug-likeness (QED) is 0.0308. The number of ether oxygens (including phenoxy) is 2. The molecule has 1 aliphatic rings. The van der Waals surface area contributed by atoms with Crippen LogP contribution in [0, 0.1) is 17.6 Å². The SMILES string of the molecule is O=C(COCCOCC(=O)Nc1ccccc1C(Nc1ccccn1)C(c1ccccn1)C(O)c1ccccc1)NCc1ccc(C2C(CCC(O)c3ccc(F)cc3)C(=O)N2c2ccc(F)cc2)cc1. The minimum absolute atomic E-state index is 0.0451. The van der Waals surface area contributed by atoms with Gasteiger partial charge < -0.3 is 40.5 Å². The topological polar surface area (TPSA) is 175 Å². The van der Waals surface area contributed by atoms with E-state index in [1.165, 1.54) is 36.4 Å². The van der Waals surface area contributed by atoms with Gasteiger partial charge in [0, 0.05) is 36.0 Å². The van der Waals surface area contributed by atoms with E-state index in [0.29, 0.717) is 46.0 Å². The van der Waals surface area contributed by atoms with Gasteiger partial charge in [-0.1, -0.05) is 97.1 Å². The summed E-state index contributed by atoms with van der Waals surface area (Å²) >= 11 is 0. The zero-order chi connectivity index (χ0) is 49.5. The maximum atomic E-state index is 13.8. The number of pyridine rings is 2. The summed E-state index contributed by atoms with van der Waals surface area (Å²) in [4.78, 5) is 50.3. The lowest BCUT2D eigenvalue weighted by atomic mass is 9.78. The van der Waals surface area contributed by atoms with Gasteiger partial charge >= 0.3 is 0 Å². The molecule has 1 saturated heterocycles. The number of rotatable bonds is 23. The average molecular weight is 961 g/mol. The number of β-lactam (4-membered cyclic amide) rings is 1. The van der Waals surface area contributed by atoms with Crippen molar-refractivity contribution < 1.29 is 42.9 Å². The van der Waals surface area contributed by atoms with Crippen LogP contribution in [0.2, 0.25) is 0 Å². The summed E-state index contributed by atoms with van der Waals surface area (Å²) in [7, 11) is 0. The molecule has 6 atom stereocenters. The number of carbonyl (C=O) groups excluding carboxylic acids is 3. The van der Waals surface area contributed by atoms with E-state index in [1.807, 2.05) is 109 Å². The first kappa shape index (κ1) is 49.7. The standard InChI is InChI=1S/C56H54F2N6O7/c57-41-22-20-38(21-23-41)48(65)29-28-45-54(64(56(45)69)43-26-24-42(58)25-27-43)39-18-16-37(17-19-39)34-61-50(66)35-70-32-33-71-36-51(67)62-46-13-5-4-12-44(46)53(63-49-15-7-9-31-60-49)52(47-14-6-8-30-59-47)55(68)40-10-2-1-3-11-40/h1-27,30-31,45,48,52-55,65,68H,28-29,32-36H2,(H,60,63)(H,61,66)(H,62,67). The van der Waals surface area contributed by atoms with Gasteiger partial charge in [-0.2, -0.15) is 0 Å². The van der Waals surface area contributed by atoms with Crippen molar-refractivity contribution in [2.45, 2.75) is 49.6 Å². The summed E-state index contributed by atoms with van der Waals surface area (Å²) in [5.41, 5.74) is 5.27. The van der Waals surface area contributed by atoms with Gasteiger partial charge in [0.05, 0.1) is 49.3 Å². The lowest BCUT2D eigenvalue weighted by molar-refractivity contribution is -0.131. The van der Waals surface area contributed by atoms with E-state index in [1.54, 1.807) is 35.5 Å². The van der Waals surface area contributed by atoms with Crippen LogP contribution in [0.4, 0.5) is 26.0 Å². The number of nitrogens with zero attached hydrogens (tertiary/aromatic N) is 3. The number of carbonyl (C=O) groups is 3. The molecule has 3 amide bonds. The van der Waals surface area contributed by atoms with Crippen molar-refractivity contribution in [1.29, 1.82) is 0 Å². The molecule has 71 heavy (non-hydrogen) atoms. The van der Waals surface area contributed by atoms with Crippen molar-refractivity contribution in [2.24, 2.45) is 5.92 Å². The zero-order valence-electron chi connectivity index (χ0n) is 38.7. The highest BCUT2D eigenvalue weighted by molar-refractivity contribution is 6.03. The van der Waals surface area contributed by atoms with Gasteiger partial charge in [-0.15, -0.1) is 0 Å². The Morgan fingerprint density at radius 1 is 0.676 bits per heavy atom. The molecule has 0 saturated carbocycles.